The van der Waals surface area contributed by atoms with Crippen molar-refractivity contribution in [1.82, 2.24) is 10.2 Å². The van der Waals surface area contributed by atoms with Gasteiger partial charge in [-0.1, -0.05) is 0 Å². The lowest BCUT2D eigenvalue weighted by molar-refractivity contribution is 0.485. The number of rotatable bonds is 3. The van der Waals surface area contributed by atoms with E-state index < -0.39 is 0 Å². The number of hydrogen-bond donors (Lipinski definition) is 1. The predicted octanol–water partition coefficient (Wildman–Crippen LogP) is 2.25. The molecule has 0 unspecified atom stereocenters. The highest BCUT2D eigenvalue weighted by molar-refractivity contribution is 7.98. The largest absolute Gasteiger partial charge is 0.425 e. The molecule has 0 bridgehead atoms. The SMILES string of the molecule is Cc1nnc(CSc2ccc(N)cc2)o1. The molecule has 1 aromatic heterocycles. The number of nitrogens with two attached hydrogens (primary N) is 1. The summed E-state index contributed by atoms with van der Waals surface area (Å²) in [5, 5.41) is 7.68. The molecular formula is C10H11N3OS. The number of thioether (sulfide) groups is 1. The maximum atomic E-state index is 5.59. The van der Waals surface area contributed by atoms with Crippen molar-refractivity contribution in [3.8, 4) is 0 Å². The third-order valence-corrected chi connectivity index (χ3v) is 2.81. The molecule has 15 heavy (non-hydrogen) atoms. The lowest BCUT2D eigenvalue weighted by Crippen LogP contribution is -1.84. The van der Waals surface area contributed by atoms with Crippen molar-refractivity contribution in [2.24, 2.45) is 0 Å². The molecule has 2 aromatic rings. The molecule has 0 amide bonds. The van der Waals surface area contributed by atoms with Gasteiger partial charge in [-0.2, -0.15) is 0 Å². The Morgan fingerprint density at radius 1 is 1.27 bits per heavy atom. The van der Waals surface area contributed by atoms with E-state index in [1.807, 2.05) is 24.3 Å². The first-order valence-corrected chi connectivity index (χ1v) is 5.50. The Bertz CT molecular complexity index is 438. The second-order valence-corrected chi connectivity index (χ2v) is 4.12. The third-order valence-electron chi connectivity index (χ3n) is 1.81. The van der Waals surface area contributed by atoms with Crippen LogP contribution in [0.1, 0.15) is 11.8 Å². The van der Waals surface area contributed by atoms with Crippen LogP contribution in [0.2, 0.25) is 0 Å². The zero-order valence-corrected chi connectivity index (χ0v) is 9.12. The van der Waals surface area contributed by atoms with Crippen molar-refractivity contribution in [1.29, 1.82) is 0 Å². The quantitative estimate of drug-likeness (QED) is 0.636. The van der Waals surface area contributed by atoms with Gasteiger partial charge in [-0.05, 0) is 24.3 Å². The average Bonchev–Trinajstić information content (AvgIpc) is 2.64. The minimum atomic E-state index is 0.600. The lowest BCUT2D eigenvalue weighted by Gasteiger charge is -1.98. The van der Waals surface area contributed by atoms with E-state index in [2.05, 4.69) is 10.2 Å². The molecule has 0 aliphatic rings. The van der Waals surface area contributed by atoms with Gasteiger partial charge in [0.2, 0.25) is 11.8 Å². The van der Waals surface area contributed by atoms with E-state index in [0.717, 1.165) is 10.6 Å². The van der Waals surface area contributed by atoms with Gasteiger partial charge in [0.25, 0.3) is 0 Å². The van der Waals surface area contributed by atoms with Gasteiger partial charge in [0.05, 0.1) is 5.75 Å². The molecule has 0 saturated heterocycles. The first-order chi connectivity index (χ1) is 7.24. The minimum absolute atomic E-state index is 0.600. The van der Waals surface area contributed by atoms with Crippen LogP contribution in [0.3, 0.4) is 0 Å². The predicted molar refractivity (Wildman–Crippen MR) is 59.5 cm³/mol. The molecule has 0 aliphatic carbocycles. The summed E-state index contributed by atoms with van der Waals surface area (Å²) in [5.41, 5.74) is 6.36. The van der Waals surface area contributed by atoms with Crippen LogP contribution in [-0.2, 0) is 5.75 Å². The van der Waals surface area contributed by atoms with Crippen molar-refractivity contribution in [2.75, 3.05) is 5.73 Å². The molecule has 0 fully saturated rings. The van der Waals surface area contributed by atoms with E-state index in [-0.39, 0.29) is 0 Å². The smallest absolute Gasteiger partial charge is 0.226 e. The number of nitrogen functional groups attached to an aromatic ring is 1. The fourth-order valence-corrected chi connectivity index (χ4v) is 1.84. The van der Waals surface area contributed by atoms with Crippen LogP contribution in [0.15, 0.2) is 33.6 Å². The highest BCUT2D eigenvalue weighted by Crippen LogP contribution is 2.22. The number of anilines is 1. The van der Waals surface area contributed by atoms with E-state index in [1.165, 1.54) is 0 Å². The van der Waals surface area contributed by atoms with Crippen molar-refractivity contribution < 1.29 is 4.42 Å². The number of benzene rings is 1. The highest BCUT2D eigenvalue weighted by Gasteiger charge is 2.02. The summed E-state index contributed by atoms with van der Waals surface area (Å²) >= 11 is 1.64. The summed E-state index contributed by atoms with van der Waals surface area (Å²) in [6, 6.07) is 7.70. The van der Waals surface area contributed by atoms with Crippen LogP contribution >= 0.6 is 11.8 Å². The monoisotopic (exact) mass is 221 g/mol. The minimum Gasteiger partial charge on any atom is -0.425 e. The van der Waals surface area contributed by atoms with Gasteiger partial charge < -0.3 is 10.2 Å². The van der Waals surface area contributed by atoms with Gasteiger partial charge in [0.15, 0.2) is 0 Å². The highest BCUT2D eigenvalue weighted by atomic mass is 32.2. The molecule has 5 heteroatoms. The molecule has 0 radical (unpaired) electrons. The zero-order valence-electron chi connectivity index (χ0n) is 8.30. The normalized spacial score (nSPS) is 10.5. The van der Waals surface area contributed by atoms with Crippen LogP contribution in [0.25, 0.3) is 0 Å². The van der Waals surface area contributed by atoms with Crippen LogP contribution in [0.5, 0.6) is 0 Å². The van der Waals surface area contributed by atoms with E-state index >= 15 is 0 Å². The van der Waals surface area contributed by atoms with Crippen LogP contribution in [0, 0.1) is 6.92 Å². The van der Waals surface area contributed by atoms with Gasteiger partial charge in [0.1, 0.15) is 0 Å². The second-order valence-electron chi connectivity index (χ2n) is 3.07. The van der Waals surface area contributed by atoms with Gasteiger partial charge >= 0.3 is 0 Å². The fourth-order valence-electron chi connectivity index (χ4n) is 1.10. The van der Waals surface area contributed by atoms with Gasteiger partial charge in [0, 0.05) is 17.5 Å². The number of nitrogens with zero attached hydrogens (tertiary/aromatic N) is 2. The summed E-state index contributed by atoms with van der Waals surface area (Å²) in [6.07, 6.45) is 0. The van der Waals surface area contributed by atoms with E-state index in [9.17, 15) is 0 Å². The molecule has 1 aromatic carbocycles. The van der Waals surface area contributed by atoms with E-state index in [4.69, 9.17) is 10.2 Å². The molecule has 4 nitrogen and oxygen atoms in total. The van der Waals surface area contributed by atoms with Crippen molar-refractivity contribution in [3.63, 3.8) is 0 Å². The fraction of sp³-hybridized carbons (Fsp3) is 0.200. The lowest BCUT2D eigenvalue weighted by atomic mass is 10.3. The molecule has 78 valence electrons. The van der Waals surface area contributed by atoms with Crippen molar-refractivity contribution in [3.05, 3.63) is 36.0 Å². The number of aromatic nitrogens is 2. The Hall–Kier alpha value is -1.49. The van der Waals surface area contributed by atoms with E-state index in [1.54, 1.807) is 18.7 Å². The Morgan fingerprint density at radius 2 is 2.00 bits per heavy atom. The Kier molecular flexibility index (Phi) is 2.91. The Morgan fingerprint density at radius 3 is 2.60 bits per heavy atom. The zero-order chi connectivity index (χ0) is 10.7. The third kappa shape index (κ3) is 2.73. The Labute approximate surface area is 91.9 Å². The molecule has 1 heterocycles. The van der Waals surface area contributed by atoms with Crippen LogP contribution in [-0.4, -0.2) is 10.2 Å². The van der Waals surface area contributed by atoms with Gasteiger partial charge in [-0.3, -0.25) is 0 Å². The summed E-state index contributed by atoms with van der Waals surface area (Å²) in [4.78, 5) is 1.14. The van der Waals surface area contributed by atoms with Crippen molar-refractivity contribution >= 4 is 17.4 Å². The molecule has 0 aliphatic heterocycles. The first kappa shape index (κ1) is 10.0. The maximum absolute atomic E-state index is 5.59. The second kappa shape index (κ2) is 4.35. The van der Waals surface area contributed by atoms with Crippen LogP contribution in [0.4, 0.5) is 5.69 Å². The topological polar surface area (TPSA) is 64.9 Å². The summed E-state index contributed by atoms with van der Waals surface area (Å²) in [7, 11) is 0. The maximum Gasteiger partial charge on any atom is 0.226 e. The van der Waals surface area contributed by atoms with Gasteiger partial charge in [-0.25, -0.2) is 0 Å². The van der Waals surface area contributed by atoms with Crippen molar-refractivity contribution in [2.45, 2.75) is 17.6 Å². The molecule has 0 saturated carbocycles. The van der Waals surface area contributed by atoms with E-state index in [0.29, 0.717) is 17.5 Å². The number of aryl methyl sites for hydroxylation is 1. The molecule has 2 rings (SSSR count). The van der Waals surface area contributed by atoms with Crippen LogP contribution < -0.4 is 5.73 Å². The molecule has 2 N–H and O–H groups in total. The van der Waals surface area contributed by atoms with Gasteiger partial charge in [-0.15, -0.1) is 22.0 Å². The Balaban J connectivity index is 1.96. The first-order valence-electron chi connectivity index (χ1n) is 4.51. The molecule has 0 atom stereocenters. The summed E-state index contributed by atoms with van der Waals surface area (Å²) in [6.45, 7) is 1.78. The summed E-state index contributed by atoms with van der Waals surface area (Å²) < 4.78 is 5.26. The average molecular weight is 221 g/mol. The molecular weight excluding hydrogens is 210 g/mol. The standard InChI is InChI=1S/C10H11N3OS/c1-7-12-13-10(14-7)6-15-9-4-2-8(11)3-5-9/h2-5H,6,11H2,1H3. The summed E-state index contributed by atoms with van der Waals surface area (Å²) in [5.74, 6) is 1.93. The number of hydrogen-bond acceptors (Lipinski definition) is 5. The molecule has 0 spiro atoms.